The molecule has 1 aromatic rings. The van der Waals surface area contributed by atoms with E-state index in [9.17, 15) is 9.59 Å². The number of hydrogen-bond acceptors (Lipinski definition) is 3. The van der Waals surface area contributed by atoms with Crippen molar-refractivity contribution in [1.29, 1.82) is 0 Å². The molecule has 5 nitrogen and oxygen atoms in total. The molecule has 0 spiro atoms. The van der Waals surface area contributed by atoms with Crippen molar-refractivity contribution in [2.75, 3.05) is 6.61 Å². The maximum Gasteiger partial charge on any atom is 0.326 e. The Balaban J connectivity index is 2.54. The summed E-state index contributed by atoms with van der Waals surface area (Å²) in [6, 6.07) is 3.69. The van der Waals surface area contributed by atoms with E-state index in [4.69, 9.17) is 33.0 Å². The number of nitrogens with one attached hydrogen (secondary N) is 1. The summed E-state index contributed by atoms with van der Waals surface area (Å²) in [6.45, 7) is 3.45. The van der Waals surface area contributed by atoms with Crippen molar-refractivity contribution in [3.05, 3.63) is 28.2 Å². The lowest BCUT2D eigenvalue weighted by atomic mass is 10.0. The largest absolute Gasteiger partial charge is 0.482 e. The van der Waals surface area contributed by atoms with Gasteiger partial charge in [-0.3, -0.25) is 4.79 Å². The van der Waals surface area contributed by atoms with Gasteiger partial charge in [0.15, 0.2) is 6.61 Å². The van der Waals surface area contributed by atoms with Crippen LogP contribution in [0.25, 0.3) is 0 Å². The second kappa shape index (κ2) is 8.10. The minimum Gasteiger partial charge on any atom is -0.482 e. The van der Waals surface area contributed by atoms with Gasteiger partial charge in [-0.2, -0.15) is 0 Å². The Morgan fingerprint density at radius 1 is 1.33 bits per heavy atom. The number of hydrogen-bond donors (Lipinski definition) is 2. The number of benzene rings is 1. The zero-order chi connectivity index (χ0) is 16.0. The summed E-state index contributed by atoms with van der Waals surface area (Å²) in [5.74, 6) is -1.12. The van der Waals surface area contributed by atoms with Crippen molar-refractivity contribution in [2.45, 2.75) is 26.3 Å². The molecule has 7 heteroatoms. The lowest BCUT2D eigenvalue weighted by Crippen LogP contribution is -2.43. The standard InChI is InChI=1S/C14H17Cl2NO4/c1-8(2)5-11(14(19)20)17-13(18)7-21-12-4-3-9(15)6-10(12)16/h3-4,6,8,11H,5,7H2,1-2H3,(H,17,18)(H,19,20)/t11-/m0/s1. The second-order valence-electron chi connectivity index (χ2n) is 4.95. The van der Waals surface area contributed by atoms with Crippen LogP contribution in [0.4, 0.5) is 0 Å². The molecule has 116 valence electrons. The molecule has 0 saturated heterocycles. The van der Waals surface area contributed by atoms with Gasteiger partial charge in [-0.25, -0.2) is 4.79 Å². The van der Waals surface area contributed by atoms with E-state index in [0.717, 1.165) is 0 Å². The molecule has 0 radical (unpaired) electrons. The topological polar surface area (TPSA) is 75.6 Å². The predicted octanol–water partition coefficient (Wildman–Crippen LogP) is 2.99. The maximum absolute atomic E-state index is 11.7. The molecular formula is C14H17Cl2NO4. The molecule has 0 aliphatic carbocycles. The van der Waals surface area contributed by atoms with E-state index >= 15 is 0 Å². The van der Waals surface area contributed by atoms with Crippen molar-refractivity contribution in [2.24, 2.45) is 5.92 Å². The first-order chi connectivity index (χ1) is 9.79. The summed E-state index contributed by atoms with van der Waals surface area (Å²) in [7, 11) is 0. The van der Waals surface area contributed by atoms with Crippen molar-refractivity contribution in [3.8, 4) is 5.75 Å². The molecule has 1 aromatic carbocycles. The third kappa shape index (κ3) is 6.23. The van der Waals surface area contributed by atoms with Gasteiger partial charge in [0.2, 0.25) is 0 Å². The van der Waals surface area contributed by atoms with Crippen LogP contribution < -0.4 is 10.1 Å². The van der Waals surface area contributed by atoms with Crippen LogP contribution >= 0.6 is 23.2 Å². The molecule has 0 heterocycles. The molecule has 0 aliphatic rings. The van der Waals surface area contributed by atoms with Gasteiger partial charge in [-0.1, -0.05) is 37.0 Å². The van der Waals surface area contributed by atoms with Crippen LogP contribution in [0.2, 0.25) is 10.0 Å². The Kier molecular flexibility index (Phi) is 6.78. The number of carboxylic acid groups (broad SMARTS) is 1. The normalized spacial score (nSPS) is 12.0. The third-order valence-corrected chi connectivity index (χ3v) is 3.12. The molecule has 0 bridgehead atoms. The first kappa shape index (κ1) is 17.6. The van der Waals surface area contributed by atoms with Crippen LogP contribution in [0.5, 0.6) is 5.75 Å². The number of aliphatic carboxylic acids is 1. The predicted molar refractivity (Wildman–Crippen MR) is 81.0 cm³/mol. The molecule has 2 N–H and O–H groups in total. The fourth-order valence-corrected chi connectivity index (χ4v) is 2.13. The van der Waals surface area contributed by atoms with Gasteiger partial charge in [0.1, 0.15) is 11.8 Å². The van der Waals surface area contributed by atoms with Crippen LogP contribution in [-0.4, -0.2) is 29.6 Å². The Hall–Kier alpha value is -1.46. The van der Waals surface area contributed by atoms with Gasteiger partial charge in [0.25, 0.3) is 5.91 Å². The molecule has 0 fully saturated rings. The molecule has 0 aromatic heterocycles. The lowest BCUT2D eigenvalue weighted by Gasteiger charge is -2.16. The zero-order valence-corrected chi connectivity index (χ0v) is 13.2. The first-order valence-corrected chi connectivity index (χ1v) is 7.15. The zero-order valence-electron chi connectivity index (χ0n) is 11.7. The highest BCUT2D eigenvalue weighted by atomic mass is 35.5. The number of halogens is 2. The summed E-state index contributed by atoms with van der Waals surface area (Å²) in [5, 5.41) is 12.2. The number of amides is 1. The first-order valence-electron chi connectivity index (χ1n) is 6.39. The summed E-state index contributed by atoms with van der Waals surface area (Å²) < 4.78 is 5.24. The van der Waals surface area contributed by atoms with E-state index in [0.29, 0.717) is 17.2 Å². The number of carbonyl (C=O) groups is 2. The summed E-state index contributed by atoms with van der Waals surface area (Å²) >= 11 is 11.6. The molecule has 21 heavy (non-hydrogen) atoms. The average molecular weight is 334 g/mol. The fraction of sp³-hybridized carbons (Fsp3) is 0.429. The molecular weight excluding hydrogens is 317 g/mol. The van der Waals surface area contributed by atoms with Gasteiger partial charge in [0, 0.05) is 5.02 Å². The van der Waals surface area contributed by atoms with Crippen LogP contribution in [0.3, 0.4) is 0 Å². The van der Waals surface area contributed by atoms with Gasteiger partial charge >= 0.3 is 5.97 Å². The molecule has 0 saturated carbocycles. The van der Waals surface area contributed by atoms with E-state index in [-0.39, 0.29) is 17.5 Å². The maximum atomic E-state index is 11.7. The third-order valence-electron chi connectivity index (χ3n) is 2.59. The van der Waals surface area contributed by atoms with Gasteiger partial charge in [-0.05, 0) is 30.5 Å². The van der Waals surface area contributed by atoms with E-state index in [1.165, 1.54) is 6.07 Å². The van der Waals surface area contributed by atoms with Crippen LogP contribution in [0, 0.1) is 5.92 Å². The van der Waals surface area contributed by atoms with Crippen molar-refractivity contribution >= 4 is 35.1 Å². The van der Waals surface area contributed by atoms with Crippen LogP contribution in [0.15, 0.2) is 18.2 Å². The Morgan fingerprint density at radius 2 is 2.00 bits per heavy atom. The number of carboxylic acids is 1. The molecule has 1 atom stereocenters. The molecule has 1 amide bonds. The number of ether oxygens (including phenoxy) is 1. The smallest absolute Gasteiger partial charge is 0.326 e. The van der Waals surface area contributed by atoms with E-state index in [1.54, 1.807) is 12.1 Å². The van der Waals surface area contributed by atoms with Crippen LogP contribution in [0.1, 0.15) is 20.3 Å². The Bertz CT molecular complexity index is 520. The lowest BCUT2D eigenvalue weighted by molar-refractivity contribution is -0.142. The minimum atomic E-state index is -1.07. The van der Waals surface area contributed by atoms with E-state index in [1.807, 2.05) is 13.8 Å². The summed E-state index contributed by atoms with van der Waals surface area (Å²) in [4.78, 5) is 22.8. The van der Waals surface area contributed by atoms with Crippen LogP contribution in [-0.2, 0) is 9.59 Å². The minimum absolute atomic E-state index is 0.151. The molecule has 0 unspecified atom stereocenters. The fourth-order valence-electron chi connectivity index (χ4n) is 1.66. The van der Waals surface area contributed by atoms with Gasteiger partial charge < -0.3 is 15.2 Å². The van der Waals surface area contributed by atoms with Gasteiger partial charge in [-0.15, -0.1) is 0 Å². The van der Waals surface area contributed by atoms with Crippen molar-refractivity contribution in [1.82, 2.24) is 5.32 Å². The Labute approximate surface area is 133 Å². The number of rotatable bonds is 7. The van der Waals surface area contributed by atoms with E-state index < -0.39 is 17.9 Å². The van der Waals surface area contributed by atoms with Crippen molar-refractivity contribution in [3.63, 3.8) is 0 Å². The molecule has 0 aliphatic heterocycles. The Morgan fingerprint density at radius 3 is 2.52 bits per heavy atom. The highest BCUT2D eigenvalue weighted by Gasteiger charge is 2.21. The quantitative estimate of drug-likeness (QED) is 0.804. The molecule has 1 rings (SSSR count). The number of carbonyl (C=O) groups excluding carboxylic acids is 1. The summed E-state index contributed by atoms with van der Waals surface area (Å²) in [6.07, 6.45) is 0.350. The SMILES string of the molecule is CC(C)C[C@H](NC(=O)COc1ccc(Cl)cc1Cl)C(=O)O. The average Bonchev–Trinajstić information content (AvgIpc) is 2.36. The second-order valence-corrected chi connectivity index (χ2v) is 5.79. The summed E-state index contributed by atoms with van der Waals surface area (Å²) in [5.41, 5.74) is 0. The van der Waals surface area contributed by atoms with E-state index in [2.05, 4.69) is 5.32 Å². The highest BCUT2D eigenvalue weighted by molar-refractivity contribution is 6.35. The monoisotopic (exact) mass is 333 g/mol. The van der Waals surface area contributed by atoms with Gasteiger partial charge in [0.05, 0.1) is 5.02 Å². The van der Waals surface area contributed by atoms with Crippen molar-refractivity contribution < 1.29 is 19.4 Å². The highest BCUT2D eigenvalue weighted by Crippen LogP contribution is 2.27.